The molecule has 0 aliphatic carbocycles. The molecule has 0 atom stereocenters. The van der Waals surface area contributed by atoms with Gasteiger partial charge >= 0.3 is 0 Å². The minimum Gasteiger partial charge on any atom is -0.375 e. The Kier molecular flexibility index (Phi) is 4.62. The lowest BCUT2D eigenvalue weighted by Crippen LogP contribution is -2.05. The molecule has 0 aliphatic rings. The third-order valence-electron chi connectivity index (χ3n) is 3.90. The Bertz CT molecular complexity index is 1020. The van der Waals surface area contributed by atoms with E-state index in [2.05, 4.69) is 10.3 Å². The van der Waals surface area contributed by atoms with Crippen LogP contribution < -0.4 is 5.32 Å². The first kappa shape index (κ1) is 17.1. The fourth-order valence-corrected chi connectivity index (χ4v) is 2.59. The second kappa shape index (κ2) is 7.03. The highest BCUT2D eigenvalue weighted by Crippen LogP contribution is 2.26. The van der Waals surface area contributed by atoms with Crippen molar-refractivity contribution in [3.05, 3.63) is 81.7 Å². The lowest BCUT2D eigenvalue weighted by atomic mass is 10.1. The van der Waals surface area contributed by atoms with Gasteiger partial charge in [0.25, 0.3) is 5.69 Å². The Labute approximate surface area is 148 Å². The van der Waals surface area contributed by atoms with Gasteiger partial charge in [0, 0.05) is 25.0 Å². The van der Waals surface area contributed by atoms with Crippen LogP contribution in [0.2, 0.25) is 0 Å². The van der Waals surface area contributed by atoms with Gasteiger partial charge in [0.2, 0.25) is 0 Å². The lowest BCUT2D eigenvalue weighted by molar-refractivity contribution is -0.384. The molecule has 2 aromatic carbocycles. The van der Waals surface area contributed by atoms with E-state index in [1.807, 2.05) is 6.07 Å². The standard InChI is InChI=1S/C18H14FN5O2/c1-12-21-6-7-23(12)17-5-3-14(8-15(17)19)11-22-16-4-2-13(10-20)9-18(16)24(25)26/h2-9,22H,11H2,1H3. The molecule has 26 heavy (non-hydrogen) atoms. The molecule has 0 aliphatic heterocycles. The van der Waals surface area contributed by atoms with Gasteiger partial charge in [0.15, 0.2) is 0 Å². The highest BCUT2D eigenvalue weighted by atomic mass is 19.1. The van der Waals surface area contributed by atoms with Crippen LogP contribution in [0, 0.1) is 34.2 Å². The van der Waals surface area contributed by atoms with Crippen LogP contribution in [0.25, 0.3) is 5.69 Å². The zero-order chi connectivity index (χ0) is 18.7. The van der Waals surface area contributed by atoms with Crippen LogP contribution in [-0.4, -0.2) is 14.5 Å². The van der Waals surface area contributed by atoms with Crippen molar-refractivity contribution in [1.29, 1.82) is 5.26 Å². The Hall–Kier alpha value is -3.73. The number of halogens is 1. The molecule has 3 rings (SSSR count). The predicted octanol–water partition coefficient (Wildman–Crippen LogP) is 3.71. The topological polar surface area (TPSA) is 96.8 Å². The molecular formula is C18H14FN5O2. The molecule has 8 heteroatoms. The van der Waals surface area contributed by atoms with E-state index in [9.17, 15) is 14.5 Å². The van der Waals surface area contributed by atoms with Crippen LogP contribution in [0.5, 0.6) is 0 Å². The van der Waals surface area contributed by atoms with Crippen LogP contribution in [0.4, 0.5) is 15.8 Å². The number of hydrogen-bond donors (Lipinski definition) is 1. The van der Waals surface area contributed by atoms with E-state index < -0.39 is 10.7 Å². The largest absolute Gasteiger partial charge is 0.375 e. The Morgan fingerprint density at radius 3 is 2.77 bits per heavy atom. The van der Waals surface area contributed by atoms with Crippen LogP contribution in [0.15, 0.2) is 48.8 Å². The number of rotatable bonds is 5. The fraction of sp³-hybridized carbons (Fsp3) is 0.111. The molecule has 0 saturated carbocycles. The summed E-state index contributed by atoms with van der Waals surface area (Å²) >= 11 is 0. The maximum atomic E-state index is 14.4. The number of nitriles is 1. The Balaban J connectivity index is 1.81. The number of nitrogens with one attached hydrogen (secondary N) is 1. The summed E-state index contributed by atoms with van der Waals surface area (Å²) in [5.74, 6) is 0.253. The summed E-state index contributed by atoms with van der Waals surface area (Å²) in [6.07, 6.45) is 3.26. The third kappa shape index (κ3) is 3.37. The van der Waals surface area contributed by atoms with Crippen molar-refractivity contribution in [2.75, 3.05) is 5.32 Å². The van der Waals surface area contributed by atoms with Crippen molar-refractivity contribution in [2.24, 2.45) is 0 Å². The highest BCUT2D eigenvalue weighted by Gasteiger charge is 2.15. The van der Waals surface area contributed by atoms with Crippen molar-refractivity contribution in [2.45, 2.75) is 13.5 Å². The SMILES string of the molecule is Cc1nccn1-c1ccc(CNc2ccc(C#N)cc2[N+](=O)[O-])cc1F. The molecular weight excluding hydrogens is 337 g/mol. The van der Waals surface area contributed by atoms with Gasteiger partial charge in [-0.15, -0.1) is 0 Å². The molecule has 1 heterocycles. The lowest BCUT2D eigenvalue weighted by Gasteiger charge is -2.10. The van der Waals surface area contributed by atoms with E-state index in [1.165, 1.54) is 24.3 Å². The molecule has 3 aromatic rings. The summed E-state index contributed by atoms with van der Waals surface area (Å²) in [4.78, 5) is 14.7. The van der Waals surface area contributed by atoms with Gasteiger partial charge < -0.3 is 9.88 Å². The minimum atomic E-state index is -0.561. The van der Waals surface area contributed by atoms with Crippen LogP contribution >= 0.6 is 0 Å². The number of aromatic nitrogens is 2. The van der Waals surface area contributed by atoms with Crippen LogP contribution in [0.1, 0.15) is 17.0 Å². The first-order chi connectivity index (χ1) is 12.5. The molecule has 1 aromatic heterocycles. The average Bonchev–Trinajstić information content (AvgIpc) is 3.05. The van der Waals surface area contributed by atoms with Gasteiger partial charge in [-0.3, -0.25) is 10.1 Å². The van der Waals surface area contributed by atoms with Gasteiger partial charge in [-0.25, -0.2) is 9.37 Å². The van der Waals surface area contributed by atoms with Crippen LogP contribution in [-0.2, 0) is 6.54 Å². The number of hydrogen-bond acceptors (Lipinski definition) is 5. The zero-order valence-corrected chi connectivity index (χ0v) is 13.8. The molecule has 1 N–H and O–H groups in total. The van der Waals surface area contributed by atoms with E-state index in [-0.39, 0.29) is 23.5 Å². The monoisotopic (exact) mass is 351 g/mol. The number of benzene rings is 2. The summed E-state index contributed by atoms with van der Waals surface area (Å²) in [6, 6.07) is 10.8. The van der Waals surface area contributed by atoms with E-state index in [0.29, 0.717) is 17.1 Å². The van der Waals surface area contributed by atoms with Crippen molar-refractivity contribution in [3.8, 4) is 11.8 Å². The average molecular weight is 351 g/mol. The second-order valence-corrected chi connectivity index (χ2v) is 5.58. The first-order valence-electron chi connectivity index (χ1n) is 7.71. The van der Waals surface area contributed by atoms with E-state index in [1.54, 1.807) is 36.0 Å². The fourth-order valence-electron chi connectivity index (χ4n) is 2.59. The van der Waals surface area contributed by atoms with Crippen LogP contribution in [0.3, 0.4) is 0 Å². The maximum absolute atomic E-state index is 14.4. The molecule has 7 nitrogen and oxygen atoms in total. The predicted molar refractivity (Wildman–Crippen MR) is 93.4 cm³/mol. The van der Waals surface area contributed by atoms with Gasteiger partial charge in [0.05, 0.1) is 22.2 Å². The number of nitrogens with zero attached hydrogens (tertiary/aromatic N) is 4. The molecule has 0 unspecified atom stereocenters. The molecule has 0 spiro atoms. The minimum absolute atomic E-state index is 0.199. The van der Waals surface area contributed by atoms with Gasteiger partial charge in [-0.1, -0.05) is 6.07 Å². The highest BCUT2D eigenvalue weighted by molar-refractivity contribution is 5.64. The maximum Gasteiger partial charge on any atom is 0.293 e. The Morgan fingerprint density at radius 1 is 1.35 bits per heavy atom. The Morgan fingerprint density at radius 2 is 2.15 bits per heavy atom. The molecule has 0 fully saturated rings. The summed E-state index contributed by atoms with van der Waals surface area (Å²) in [7, 11) is 0. The molecule has 0 saturated heterocycles. The number of imidazole rings is 1. The zero-order valence-electron chi connectivity index (χ0n) is 13.8. The smallest absolute Gasteiger partial charge is 0.293 e. The summed E-state index contributed by atoms with van der Waals surface area (Å²) in [5.41, 5.74) is 1.28. The third-order valence-corrected chi connectivity index (χ3v) is 3.90. The molecule has 0 radical (unpaired) electrons. The molecule has 0 amide bonds. The summed E-state index contributed by atoms with van der Waals surface area (Å²) in [5, 5.41) is 22.9. The van der Waals surface area contributed by atoms with Gasteiger partial charge in [-0.05, 0) is 36.8 Å². The van der Waals surface area contributed by atoms with Crippen molar-refractivity contribution in [3.63, 3.8) is 0 Å². The number of nitro benzene ring substituents is 1. The van der Waals surface area contributed by atoms with Crippen molar-refractivity contribution < 1.29 is 9.31 Å². The van der Waals surface area contributed by atoms with E-state index in [4.69, 9.17) is 5.26 Å². The van der Waals surface area contributed by atoms with E-state index in [0.717, 1.165) is 0 Å². The number of anilines is 1. The van der Waals surface area contributed by atoms with E-state index >= 15 is 0 Å². The molecule has 0 bridgehead atoms. The summed E-state index contributed by atoms with van der Waals surface area (Å²) in [6.45, 7) is 1.98. The normalized spacial score (nSPS) is 10.3. The van der Waals surface area contributed by atoms with Gasteiger partial charge in [0.1, 0.15) is 17.3 Å². The number of nitro groups is 1. The number of aryl methyl sites for hydroxylation is 1. The quantitative estimate of drug-likeness (QED) is 0.558. The van der Waals surface area contributed by atoms with Crippen molar-refractivity contribution >= 4 is 11.4 Å². The summed E-state index contributed by atoms with van der Waals surface area (Å²) < 4.78 is 16.0. The first-order valence-corrected chi connectivity index (χ1v) is 7.71. The van der Waals surface area contributed by atoms with Crippen molar-refractivity contribution in [1.82, 2.24) is 9.55 Å². The molecule has 130 valence electrons. The van der Waals surface area contributed by atoms with Gasteiger partial charge in [-0.2, -0.15) is 5.26 Å². The second-order valence-electron chi connectivity index (χ2n) is 5.58.